The van der Waals surface area contributed by atoms with E-state index in [4.69, 9.17) is 11.4 Å². The Bertz CT molecular complexity index is 1200. The zero-order chi connectivity index (χ0) is 23.4. The number of pyridine rings is 1. The first-order chi connectivity index (χ1) is 15.2. The van der Waals surface area contributed by atoms with Crippen LogP contribution >= 0.6 is 8.03 Å². The van der Waals surface area contributed by atoms with Gasteiger partial charge in [-0.25, -0.2) is 9.37 Å². The van der Waals surface area contributed by atoms with Gasteiger partial charge in [0, 0.05) is 16.5 Å². The van der Waals surface area contributed by atoms with E-state index >= 15 is 0 Å². The average molecular weight is 454 g/mol. The van der Waals surface area contributed by atoms with E-state index in [1.807, 2.05) is 38.1 Å². The molecule has 0 aliphatic carbocycles. The van der Waals surface area contributed by atoms with Crippen LogP contribution in [0.3, 0.4) is 0 Å². The predicted molar refractivity (Wildman–Crippen MR) is 119 cm³/mol. The molecule has 1 heterocycles. The lowest BCUT2D eigenvalue weighted by Gasteiger charge is -2.23. The molecule has 0 fully saturated rings. The molecule has 0 saturated heterocycles. The number of fused-ring (bicyclic) bond motifs is 1. The van der Waals surface area contributed by atoms with Gasteiger partial charge in [-0.2, -0.15) is 4.89 Å². The van der Waals surface area contributed by atoms with E-state index < -0.39 is 38.0 Å². The Morgan fingerprint density at radius 3 is 2.44 bits per heavy atom. The summed E-state index contributed by atoms with van der Waals surface area (Å²) in [4.78, 5) is 26.8. The van der Waals surface area contributed by atoms with E-state index in [0.717, 1.165) is 5.39 Å². The number of terminal acetylenes is 1. The van der Waals surface area contributed by atoms with Gasteiger partial charge in [-0.1, -0.05) is 38.5 Å². The minimum absolute atomic E-state index is 0.126. The van der Waals surface area contributed by atoms with Crippen molar-refractivity contribution in [3.8, 4) is 23.8 Å². The normalized spacial score (nSPS) is 13.5. The van der Waals surface area contributed by atoms with Gasteiger partial charge in [-0.15, -0.1) is 0 Å². The summed E-state index contributed by atoms with van der Waals surface area (Å²) in [5, 5.41) is 11.6. The van der Waals surface area contributed by atoms with Crippen molar-refractivity contribution >= 4 is 24.9 Å². The molecule has 3 unspecified atom stereocenters. The lowest BCUT2D eigenvalue weighted by atomic mass is 9.86. The maximum atomic E-state index is 13.6. The van der Waals surface area contributed by atoms with E-state index in [0.29, 0.717) is 27.9 Å². The van der Waals surface area contributed by atoms with Gasteiger partial charge in [0.2, 0.25) is 5.66 Å². The molecule has 3 aromatic rings. The molecule has 0 aliphatic rings. The molecule has 0 amide bonds. The minimum Gasteiger partial charge on any atom is -0.387 e. The Morgan fingerprint density at radius 1 is 1.19 bits per heavy atom. The van der Waals surface area contributed by atoms with Gasteiger partial charge in [0.05, 0.1) is 17.6 Å². The number of aromatic nitrogens is 1. The van der Waals surface area contributed by atoms with Crippen LogP contribution in [0.15, 0.2) is 48.5 Å². The second-order valence-corrected chi connectivity index (χ2v) is 8.74. The molecule has 1 aromatic heterocycles. The monoisotopic (exact) mass is 454 g/mol. The van der Waals surface area contributed by atoms with Crippen LogP contribution < -0.4 is 0 Å². The third-order valence-corrected chi connectivity index (χ3v) is 6.19. The number of ether oxygens (including phenoxy) is 1. The summed E-state index contributed by atoms with van der Waals surface area (Å²) in [7, 11) is -3.00. The third kappa shape index (κ3) is 4.84. The van der Waals surface area contributed by atoms with Crippen molar-refractivity contribution in [1.82, 2.24) is 4.98 Å². The lowest BCUT2D eigenvalue weighted by molar-refractivity contribution is -0.139. The molecule has 0 bridgehead atoms. The summed E-state index contributed by atoms with van der Waals surface area (Å²) in [6, 6.07) is 12.9. The maximum Gasteiger partial charge on any atom is 0.516 e. The summed E-state index contributed by atoms with van der Waals surface area (Å²) in [5.74, 6) is -1.47. The fraction of sp³-hybridized carbons (Fsp3) is 0.250. The highest BCUT2D eigenvalue weighted by Gasteiger charge is 2.44. The van der Waals surface area contributed by atoms with Crippen LogP contribution in [0.5, 0.6) is 0 Å². The van der Waals surface area contributed by atoms with Crippen LogP contribution in [0.4, 0.5) is 4.39 Å². The fourth-order valence-electron chi connectivity index (χ4n) is 3.84. The second kappa shape index (κ2) is 9.97. The van der Waals surface area contributed by atoms with Gasteiger partial charge in [0.25, 0.3) is 0 Å². The van der Waals surface area contributed by atoms with E-state index in [-0.39, 0.29) is 5.92 Å². The minimum atomic E-state index is -3.00. The Labute approximate surface area is 185 Å². The van der Waals surface area contributed by atoms with E-state index in [9.17, 15) is 23.7 Å². The summed E-state index contributed by atoms with van der Waals surface area (Å²) in [6.45, 7) is 3.83. The Balaban J connectivity index is 2.34. The molecule has 0 radical (unpaired) electrons. The van der Waals surface area contributed by atoms with Crippen molar-refractivity contribution in [3.05, 3.63) is 65.5 Å². The first-order valence-corrected chi connectivity index (χ1v) is 11.2. The van der Waals surface area contributed by atoms with Crippen molar-refractivity contribution in [2.45, 2.75) is 37.9 Å². The first kappa shape index (κ1) is 23.5. The Morgan fingerprint density at radius 2 is 1.84 bits per heavy atom. The molecule has 6 nitrogen and oxygen atoms in total. The number of hydrogen-bond donors (Lipinski definition) is 2. The maximum absolute atomic E-state index is 13.6. The van der Waals surface area contributed by atoms with Crippen LogP contribution in [-0.4, -0.2) is 27.1 Å². The quantitative estimate of drug-likeness (QED) is 0.302. The molecular weight excluding hydrogens is 432 g/mol. The summed E-state index contributed by atoms with van der Waals surface area (Å²) in [5.41, 5.74) is 1.17. The van der Waals surface area contributed by atoms with Crippen LogP contribution in [0.2, 0.25) is 0 Å². The number of aliphatic hydroxyl groups excluding tert-OH is 1. The Hall–Kier alpha value is -3.17. The number of esters is 1. The van der Waals surface area contributed by atoms with E-state index in [1.54, 1.807) is 6.11 Å². The number of halogens is 1. The largest absolute Gasteiger partial charge is 0.516 e. The summed E-state index contributed by atoms with van der Waals surface area (Å²) >= 11 is 0. The second-order valence-electron chi connectivity index (χ2n) is 7.58. The van der Waals surface area contributed by atoms with Gasteiger partial charge < -0.3 is 9.84 Å². The summed E-state index contributed by atoms with van der Waals surface area (Å²) in [6.07, 6.45) is 4.56. The van der Waals surface area contributed by atoms with E-state index in [2.05, 4.69) is 4.74 Å². The lowest BCUT2D eigenvalue weighted by Crippen LogP contribution is -2.23. The highest BCUT2D eigenvalue weighted by Crippen LogP contribution is 2.49. The number of aliphatic hydroxyl groups is 1. The van der Waals surface area contributed by atoms with Crippen LogP contribution in [0, 0.1) is 18.3 Å². The van der Waals surface area contributed by atoms with E-state index in [1.165, 1.54) is 24.3 Å². The standard InChI is InChI=1S/C24H21FNO5P/c1-4-31-20(28)13-19(27)24(32(29)30)22-21(14(2)3)17-7-5-6-8-18(17)26-23(22)15-9-11-16(25)12-10-15/h1,5-12,14,19,24,27H,13H2,2-3H3/p+1. The number of carbonyl (C=O) groups excluding carboxylic acids is 1. The zero-order valence-corrected chi connectivity index (χ0v) is 18.4. The van der Waals surface area contributed by atoms with Crippen LogP contribution in [0.25, 0.3) is 22.2 Å². The molecule has 3 rings (SSSR count). The predicted octanol–water partition coefficient (Wildman–Crippen LogP) is 4.83. The third-order valence-electron chi connectivity index (χ3n) is 5.11. The molecule has 32 heavy (non-hydrogen) atoms. The molecule has 2 aromatic carbocycles. The smallest absolute Gasteiger partial charge is 0.387 e. The van der Waals surface area contributed by atoms with Gasteiger partial charge in [0.1, 0.15) is 18.0 Å². The molecule has 2 N–H and O–H groups in total. The SMILES string of the molecule is C#COC(=O)CC(O)C(c1c(-c2ccc(F)cc2)nc2ccccc2c1C(C)C)[P+](=O)O. The number of nitrogens with zero attached hydrogens (tertiary/aromatic N) is 1. The molecule has 164 valence electrons. The highest BCUT2D eigenvalue weighted by atomic mass is 31.1. The molecule has 8 heteroatoms. The first-order valence-electron chi connectivity index (χ1n) is 9.91. The number of rotatable bonds is 7. The average Bonchev–Trinajstić information content (AvgIpc) is 2.73. The molecular formula is C24H22FNO5P+. The number of benzene rings is 2. The molecule has 0 saturated carbocycles. The van der Waals surface area contributed by atoms with Crippen molar-refractivity contribution in [1.29, 1.82) is 0 Å². The zero-order valence-electron chi connectivity index (χ0n) is 17.5. The highest BCUT2D eigenvalue weighted by molar-refractivity contribution is 7.38. The molecule has 3 atom stereocenters. The van der Waals surface area contributed by atoms with Crippen molar-refractivity contribution in [3.63, 3.8) is 0 Å². The number of hydrogen-bond acceptors (Lipinski definition) is 5. The Kier molecular flexibility index (Phi) is 7.32. The summed E-state index contributed by atoms with van der Waals surface area (Å²) < 4.78 is 30.6. The van der Waals surface area contributed by atoms with Gasteiger partial charge in [0.15, 0.2) is 0 Å². The number of para-hydroxylation sites is 1. The van der Waals surface area contributed by atoms with Crippen LogP contribution in [0.1, 0.15) is 43.0 Å². The van der Waals surface area contributed by atoms with Gasteiger partial charge in [-0.3, -0.25) is 4.79 Å². The fourth-order valence-corrected chi connectivity index (χ4v) is 4.72. The molecule has 0 spiro atoms. The van der Waals surface area contributed by atoms with Crippen molar-refractivity contribution < 1.29 is 28.5 Å². The topological polar surface area (TPSA) is 96.7 Å². The molecule has 0 aliphatic heterocycles. The van der Waals surface area contributed by atoms with Gasteiger partial charge in [-0.05, 0) is 46.4 Å². The van der Waals surface area contributed by atoms with Crippen molar-refractivity contribution in [2.75, 3.05) is 0 Å². The van der Waals surface area contributed by atoms with Gasteiger partial charge >= 0.3 is 14.0 Å². The number of carbonyl (C=O) groups is 1. The van der Waals surface area contributed by atoms with Crippen molar-refractivity contribution in [2.24, 2.45) is 0 Å². The van der Waals surface area contributed by atoms with Crippen LogP contribution in [-0.2, 0) is 14.1 Å².